The molecule has 6 atom stereocenters. The molecule has 0 bridgehead atoms. The molecule has 390 valence electrons. The quantitative estimate of drug-likeness (QED) is 0.0469. The van der Waals surface area contributed by atoms with E-state index in [1.54, 1.807) is 65.8 Å². The van der Waals surface area contributed by atoms with Gasteiger partial charge in [-0.3, -0.25) is 53.0 Å². The molecule has 2 rings (SSSR count). The van der Waals surface area contributed by atoms with Gasteiger partial charge in [0.05, 0.1) is 19.3 Å². The number of hydrogen-bond donors (Lipinski definition) is 10. The number of hydrogen-bond acceptors (Lipinski definition) is 13. The molecule has 0 saturated heterocycles. The summed E-state index contributed by atoms with van der Waals surface area (Å²) in [7, 11) is 1.51. The van der Waals surface area contributed by atoms with Crippen LogP contribution in [0, 0.1) is 23.7 Å². The monoisotopic (exact) mass is 985 g/mol. The number of unbranched alkanes of at least 4 members (excludes halogenated alkanes) is 1. The number of nitrogens with zero attached hydrogens (tertiary/aromatic N) is 2. The normalized spacial score (nSPS) is 15.7. The number of rotatable bonds is 28. The number of anilines is 1. The highest BCUT2D eigenvalue weighted by Crippen LogP contribution is 2.27. The van der Waals surface area contributed by atoms with E-state index in [0.717, 1.165) is 0 Å². The first-order valence-electron chi connectivity index (χ1n) is 23.5. The van der Waals surface area contributed by atoms with Gasteiger partial charge in [0, 0.05) is 19.9 Å². The average Bonchev–Trinajstić information content (AvgIpc) is 3.73. The minimum absolute atomic E-state index is 0.0305. The second-order valence-corrected chi connectivity index (χ2v) is 19.4. The van der Waals surface area contributed by atoms with Gasteiger partial charge < -0.3 is 58.7 Å². The zero-order valence-corrected chi connectivity index (χ0v) is 42.6. The fourth-order valence-electron chi connectivity index (χ4n) is 7.26. The van der Waals surface area contributed by atoms with Crippen molar-refractivity contribution in [2.75, 3.05) is 25.2 Å². The first-order valence-corrected chi connectivity index (χ1v) is 23.5. The molecule has 4 unspecified atom stereocenters. The van der Waals surface area contributed by atoms with Crippen LogP contribution in [-0.4, -0.2) is 127 Å². The van der Waals surface area contributed by atoms with Crippen LogP contribution in [0.5, 0.6) is 5.75 Å². The largest absolute Gasteiger partial charge is 0.497 e. The molecule has 70 heavy (non-hydrogen) atoms. The van der Waals surface area contributed by atoms with Crippen LogP contribution in [0.25, 0.3) is 0 Å². The number of ether oxygens (including phenoxy) is 1. The molecule has 1 aromatic carbocycles. The fourth-order valence-corrected chi connectivity index (χ4v) is 7.26. The second-order valence-electron chi connectivity index (χ2n) is 19.4. The van der Waals surface area contributed by atoms with Gasteiger partial charge in [0.25, 0.3) is 5.91 Å². The van der Waals surface area contributed by atoms with Crippen molar-refractivity contribution < 1.29 is 52.7 Å². The van der Waals surface area contributed by atoms with Gasteiger partial charge in [0.1, 0.15) is 53.3 Å². The lowest BCUT2D eigenvalue weighted by molar-refractivity contribution is -0.138. The van der Waals surface area contributed by atoms with Crippen LogP contribution in [-0.2, 0) is 47.9 Å². The standard InChI is InChI=1S/C47H76N12O11/c1-24(2)21-32(53-35(61)23-51-44(67)37(26(5)6)52-28(9)60)43(66)57-47(10,11)46(69)56-38(27(7)8)45(68)54-31(42(65)55-36(25(3)4)40(49)63)15-13-14-20-50-41(64)33-22-34(39(48)62)59(58-33)29-16-18-30(70-12)19-17-29/h16-19,24-27,31-32,34,36-38H,13-15,20-23H2,1-12H3,(H2,48,62)(H2,49,63)(H,50,64)(H,51,67)(H,52,60)(H,53,61)(H,54,68)(H,55,65)(H,56,69)(H,57,66)/t31-,32-,34?,36?,37?,38?/m0/s1. The molecule has 23 heteroatoms. The van der Waals surface area contributed by atoms with E-state index >= 15 is 0 Å². The summed E-state index contributed by atoms with van der Waals surface area (Å²) in [4.78, 5) is 130. The topological polar surface area (TPSA) is 344 Å². The molecule has 1 aromatic rings. The van der Waals surface area contributed by atoms with Crippen LogP contribution in [0.1, 0.15) is 108 Å². The average molecular weight is 985 g/mol. The van der Waals surface area contributed by atoms with Crippen molar-refractivity contribution in [3.05, 3.63) is 24.3 Å². The number of benzene rings is 1. The van der Waals surface area contributed by atoms with Crippen molar-refractivity contribution in [1.29, 1.82) is 0 Å². The number of carbonyl (C=O) groups is 10. The van der Waals surface area contributed by atoms with Crippen LogP contribution in [0.4, 0.5) is 5.69 Å². The van der Waals surface area contributed by atoms with Crippen molar-refractivity contribution in [2.24, 2.45) is 40.2 Å². The lowest BCUT2D eigenvalue weighted by Crippen LogP contribution is -2.63. The zero-order chi connectivity index (χ0) is 53.2. The van der Waals surface area contributed by atoms with Gasteiger partial charge in [-0.05, 0) is 87.5 Å². The van der Waals surface area contributed by atoms with Gasteiger partial charge in [-0.15, -0.1) is 0 Å². The molecule has 1 aliphatic rings. The number of nitrogens with one attached hydrogen (secondary N) is 8. The lowest BCUT2D eigenvalue weighted by atomic mass is 9.97. The van der Waals surface area contributed by atoms with Gasteiger partial charge in [-0.2, -0.15) is 5.10 Å². The van der Waals surface area contributed by atoms with E-state index in [2.05, 4.69) is 47.6 Å². The number of primary amides is 2. The summed E-state index contributed by atoms with van der Waals surface area (Å²) in [6.07, 6.45) is 0.779. The van der Waals surface area contributed by atoms with E-state index in [-0.39, 0.29) is 49.8 Å². The van der Waals surface area contributed by atoms with Gasteiger partial charge >= 0.3 is 0 Å². The summed E-state index contributed by atoms with van der Waals surface area (Å²) in [6.45, 7) is 17.6. The van der Waals surface area contributed by atoms with Crippen LogP contribution in [0.3, 0.4) is 0 Å². The number of hydrazone groups is 1. The van der Waals surface area contributed by atoms with E-state index < -0.39 is 119 Å². The van der Waals surface area contributed by atoms with Crippen molar-refractivity contribution in [2.45, 2.75) is 150 Å². The molecule has 0 aliphatic carbocycles. The van der Waals surface area contributed by atoms with Crippen molar-refractivity contribution in [3.8, 4) is 5.75 Å². The third-order valence-electron chi connectivity index (χ3n) is 11.3. The molecular formula is C47H76N12O11. The number of methoxy groups -OCH3 is 1. The maximum atomic E-state index is 14.0. The van der Waals surface area contributed by atoms with E-state index in [0.29, 0.717) is 17.9 Å². The maximum Gasteiger partial charge on any atom is 0.267 e. The third-order valence-corrected chi connectivity index (χ3v) is 11.3. The number of amides is 10. The molecule has 0 fully saturated rings. The highest BCUT2D eigenvalue weighted by molar-refractivity contribution is 6.40. The summed E-state index contributed by atoms with van der Waals surface area (Å²) >= 11 is 0. The highest BCUT2D eigenvalue weighted by atomic mass is 16.5. The minimum atomic E-state index is -1.65. The van der Waals surface area contributed by atoms with Crippen molar-refractivity contribution in [1.82, 2.24) is 42.5 Å². The Labute approximate surface area is 410 Å². The zero-order valence-electron chi connectivity index (χ0n) is 42.6. The molecule has 0 aromatic heterocycles. The second kappa shape index (κ2) is 27.4. The smallest absolute Gasteiger partial charge is 0.267 e. The van der Waals surface area contributed by atoms with Crippen LogP contribution in [0.15, 0.2) is 29.4 Å². The van der Waals surface area contributed by atoms with Crippen LogP contribution >= 0.6 is 0 Å². The van der Waals surface area contributed by atoms with E-state index in [9.17, 15) is 47.9 Å². The predicted molar refractivity (Wildman–Crippen MR) is 261 cm³/mol. The molecule has 23 nitrogen and oxygen atoms in total. The highest BCUT2D eigenvalue weighted by Gasteiger charge is 2.38. The van der Waals surface area contributed by atoms with Gasteiger partial charge in [0.15, 0.2) is 0 Å². The Morgan fingerprint density at radius 1 is 0.714 bits per heavy atom. The summed E-state index contributed by atoms with van der Waals surface area (Å²) < 4.78 is 5.19. The van der Waals surface area contributed by atoms with E-state index in [4.69, 9.17) is 16.2 Å². The Hall–Kier alpha value is -6.81. The Bertz CT molecular complexity index is 2070. The minimum Gasteiger partial charge on any atom is -0.497 e. The predicted octanol–water partition coefficient (Wildman–Crippen LogP) is -0.644. The Morgan fingerprint density at radius 2 is 1.30 bits per heavy atom. The SMILES string of the molecule is COc1ccc(N2N=C(C(=O)NCCCC[C@H](NC(=O)C(NC(=O)C(C)(C)NC(=O)[C@H](CC(C)C)NC(=O)CNC(=O)C(NC(C)=O)C(C)C)C(C)C)C(=O)NC(C(N)=O)C(C)C)CC2C(N)=O)cc1. The van der Waals surface area contributed by atoms with Crippen LogP contribution in [0.2, 0.25) is 0 Å². The molecule has 12 N–H and O–H groups in total. The van der Waals surface area contributed by atoms with Gasteiger partial charge in [-0.25, -0.2) is 0 Å². The summed E-state index contributed by atoms with van der Waals surface area (Å²) in [5.74, 6) is -7.30. The Morgan fingerprint density at radius 3 is 1.81 bits per heavy atom. The Balaban J connectivity index is 2.17. The summed E-state index contributed by atoms with van der Waals surface area (Å²) in [6, 6.07) is 0.293. The van der Waals surface area contributed by atoms with Crippen molar-refractivity contribution >= 4 is 70.5 Å². The summed E-state index contributed by atoms with van der Waals surface area (Å²) in [5, 5.41) is 26.8. The molecule has 1 aliphatic heterocycles. The first kappa shape index (κ1) is 59.3. The third kappa shape index (κ3) is 18.6. The van der Waals surface area contributed by atoms with E-state index in [1.807, 2.05) is 13.8 Å². The number of nitrogens with two attached hydrogens (primary N) is 2. The van der Waals surface area contributed by atoms with E-state index in [1.165, 1.54) is 32.9 Å². The number of carbonyl (C=O) groups excluding carboxylic acids is 10. The van der Waals surface area contributed by atoms with Gasteiger partial charge in [0.2, 0.25) is 53.2 Å². The maximum absolute atomic E-state index is 14.0. The Kier molecular flexibility index (Phi) is 23.2. The molecule has 0 saturated carbocycles. The van der Waals surface area contributed by atoms with Gasteiger partial charge in [-0.1, -0.05) is 55.4 Å². The summed E-state index contributed by atoms with van der Waals surface area (Å²) in [5.41, 5.74) is 10.2. The molecule has 0 spiro atoms. The van der Waals surface area contributed by atoms with Crippen LogP contribution < -0.4 is 63.7 Å². The lowest BCUT2D eigenvalue weighted by Gasteiger charge is -2.32. The molecule has 0 radical (unpaired) electrons. The first-order chi connectivity index (χ1) is 32.6. The van der Waals surface area contributed by atoms with Crippen molar-refractivity contribution in [3.63, 3.8) is 0 Å². The fraction of sp³-hybridized carbons (Fsp3) is 0.638. The molecule has 1 heterocycles. The molecular weight excluding hydrogens is 909 g/mol. The molecule has 10 amide bonds.